The highest BCUT2D eigenvalue weighted by molar-refractivity contribution is 7.89. The topological polar surface area (TPSA) is 75.7 Å². The highest BCUT2D eigenvalue weighted by Crippen LogP contribution is 2.26. The summed E-state index contributed by atoms with van der Waals surface area (Å²) in [5.41, 5.74) is 1.50. The molecule has 168 valence electrons. The van der Waals surface area contributed by atoms with E-state index in [-0.39, 0.29) is 23.0 Å². The molecule has 1 aromatic heterocycles. The summed E-state index contributed by atoms with van der Waals surface area (Å²) in [5.74, 6) is -0.129. The van der Waals surface area contributed by atoms with Gasteiger partial charge < -0.3 is 9.64 Å². The molecule has 0 bridgehead atoms. The van der Waals surface area contributed by atoms with Crippen molar-refractivity contribution in [3.05, 3.63) is 88.1 Å². The molecule has 1 N–H and O–H groups in total. The number of nitrogens with one attached hydrogen (secondary N) is 1. The lowest BCUT2D eigenvalue weighted by molar-refractivity contribution is -0.0691. The Morgan fingerprint density at radius 1 is 1.06 bits per heavy atom. The minimum absolute atomic E-state index is 0.0925. The molecule has 1 aliphatic heterocycles. The molecule has 32 heavy (non-hydrogen) atoms. The molecule has 2 heterocycles. The summed E-state index contributed by atoms with van der Waals surface area (Å²) in [4.78, 5) is 16.1. The Morgan fingerprint density at radius 3 is 2.50 bits per heavy atom. The van der Waals surface area contributed by atoms with E-state index < -0.39 is 10.0 Å². The van der Waals surface area contributed by atoms with Gasteiger partial charge in [0.25, 0.3) is 5.91 Å². The number of rotatable bonds is 7. The Morgan fingerprint density at radius 2 is 1.81 bits per heavy atom. The van der Waals surface area contributed by atoms with E-state index in [4.69, 9.17) is 4.74 Å². The molecule has 0 saturated carbocycles. The number of carbonyl (C=O) groups excluding carboxylic acids is 1. The maximum absolute atomic E-state index is 13.1. The fourth-order valence-electron chi connectivity index (χ4n) is 3.78. The first-order valence-corrected chi connectivity index (χ1v) is 12.9. The van der Waals surface area contributed by atoms with Crippen molar-refractivity contribution in [1.82, 2.24) is 9.62 Å². The van der Waals surface area contributed by atoms with Gasteiger partial charge in [0.2, 0.25) is 10.0 Å². The molecule has 2 aromatic carbocycles. The summed E-state index contributed by atoms with van der Waals surface area (Å²) >= 11 is 1.60. The van der Waals surface area contributed by atoms with Crippen molar-refractivity contribution in [3.8, 4) is 0 Å². The van der Waals surface area contributed by atoms with Crippen molar-refractivity contribution < 1.29 is 17.9 Å². The summed E-state index contributed by atoms with van der Waals surface area (Å²) < 4.78 is 33.8. The van der Waals surface area contributed by atoms with Crippen molar-refractivity contribution in [2.24, 2.45) is 0 Å². The average molecular weight is 471 g/mol. The number of ether oxygens (including phenoxy) is 1. The molecule has 1 fully saturated rings. The van der Waals surface area contributed by atoms with Crippen LogP contribution in [-0.4, -0.2) is 45.0 Å². The summed E-state index contributed by atoms with van der Waals surface area (Å²) in [6.07, 6.45) is 0.367. The van der Waals surface area contributed by atoms with E-state index in [0.29, 0.717) is 31.6 Å². The fourth-order valence-corrected chi connectivity index (χ4v) is 5.52. The predicted molar refractivity (Wildman–Crippen MR) is 125 cm³/mol. The van der Waals surface area contributed by atoms with E-state index in [9.17, 15) is 13.2 Å². The summed E-state index contributed by atoms with van der Waals surface area (Å²) in [7, 11) is -3.62. The van der Waals surface area contributed by atoms with Crippen LogP contribution in [0.4, 0.5) is 0 Å². The molecule has 1 amide bonds. The number of nitrogens with zero attached hydrogens (tertiary/aromatic N) is 1. The Bertz CT molecular complexity index is 1130. The molecule has 1 saturated heterocycles. The van der Waals surface area contributed by atoms with Crippen LogP contribution in [0.25, 0.3) is 0 Å². The van der Waals surface area contributed by atoms with E-state index in [2.05, 4.69) is 4.72 Å². The number of morpholine rings is 1. The highest BCUT2D eigenvalue weighted by atomic mass is 32.2. The zero-order chi connectivity index (χ0) is 22.6. The van der Waals surface area contributed by atoms with Crippen LogP contribution >= 0.6 is 11.3 Å². The van der Waals surface area contributed by atoms with Gasteiger partial charge in [-0.2, -0.15) is 0 Å². The molecule has 2 unspecified atom stereocenters. The van der Waals surface area contributed by atoms with Crippen LogP contribution in [0.2, 0.25) is 0 Å². The second kappa shape index (κ2) is 9.95. The highest BCUT2D eigenvalue weighted by Gasteiger charge is 2.30. The number of sulfonamides is 1. The maximum Gasteiger partial charge on any atom is 0.254 e. The molecular formula is C24H26N2O4S2. The third kappa shape index (κ3) is 5.45. The smallest absolute Gasteiger partial charge is 0.254 e. The maximum atomic E-state index is 13.1. The molecule has 0 spiro atoms. The van der Waals surface area contributed by atoms with Crippen LogP contribution in [0.1, 0.15) is 33.8 Å². The third-order valence-electron chi connectivity index (χ3n) is 5.37. The molecule has 8 heteroatoms. The number of hydrogen-bond donors (Lipinski definition) is 1. The summed E-state index contributed by atoms with van der Waals surface area (Å²) in [6, 6.07) is 19.9. The van der Waals surface area contributed by atoms with E-state index in [1.807, 2.05) is 54.8 Å². The van der Waals surface area contributed by atoms with Crippen LogP contribution < -0.4 is 4.72 Å². The van der Waals surface area contributed by atoms with Gasteiger partial charge in [-0.1, -0.05) is 36.4 Å². The molecule has 1 aliphatic rings. The number of hydrogen-bond acceptors (Lipinski definition) is 5. The van der Waals surface area contributed by atoms with Gasteiger partial charge in [-0.05, 0) is 54.6 Å². The minimum Gasteiger partial charge on any atom is -0.367 e. The lowest BCUT2D eigenvalue weighted by Crippen LogP contribution is -2.46. The zero-order valence-electron chi connectivity index (χ0n) is 17.8. The summed E-state index contributed by atoms with van der Waals surface area (Å²) in [5, 5.41) is 1.97. The van der Waals surface area contributed by atoms with E-state index in [1.54, 1.807) is 28.4 Å². The monoisotopic (exact) mass is 470 g/mol. The van der Waals surface area contributed by atoms with Crippen LogP contribution in [-0.2, 0) is 21.2 Å². The van der Waals surface area contributed by atoms with Crippen LogP contribution in [0, 0.1) is 0 Å². The lowest BCUT2D eigenvalue weighted by atomic mass is 10.1. The normalized spacial score (nSPS) is 19.1. The second-order valence-corrected chi connectivity index (χ2v) is 10.6. The summed E-state index contributed by atoms with van der Waals surface area (Å²) in [6.45, 7) is 3.23. The number of benzene rings is 2. The van der Waals surface area contributed by atoms with Crippen molar-refractivity contribution in [2.75, 3.05) is 19.6 Å². The van der Waals surface area contributed by atoms with E-state index >= 15 is 0 Å². The molecule has 4 rings (SSSR count). The van der Waals surface area contributed by atoms with Crippen molar-refractivity contribution in [1.29, 1.82) is 0 Å². The Labute approximate surface area is 192 Å². The average Bonchev–Trinajstić information content (AvgIpc) is 3.32. The first kappa shape index (κ1) is 22.7. The van der Waals surface area contributed by atoms with E-state index in [0.717, 1.165) is 10.4 Å². The predicted octanol–water partition coefficient (Wildman–Crippen LogP) is 3.87. The standard InChI is InChI=1S/C24H26N2O4S2/c1-18-16-26(17-23(30-18)19-6-3-2-4-7-19)24(27)20-9-11-22(12-10-20)32(28,29)25-14-13-21-8-5-15-31-21/h2-12,15,18,23,25H,13-14,16-17H2,1H3. The second-order valence-electron chi connectivity index (χ2n) is 7.81. The molecule has 3 aromatic rings. The molecule has 0 radical (unpaired) electrons. The van der Waals surface area contributed by atoms with Gasteiger partial charge in [-0.3, -0.25) is 4.79 Å². The SMILES string of the molecule is CC1CN(C(=O)c2ccc(S(=O)(=O)NCCc3cccs3)cc2)CC(c2ccccc2)O1. The van der Waals surface area contributed by atoms with Crippen molar-refractivity contribution >= 4 is 27.3 Å². The number of thiophene rings is 1. The number of carbonyl (C=O) groups is 1. The Kier molecular flexibility index (Phi) is 7.05. The lowest BCUT2D eigenvalue weighted by Gasteiger charge is -2.37. The van der Waals surface area contributed by atoms with Gasteiger partial charge in [-0.25, -0.2) is 13.1 Å². The molecule has 0 aliphatic carbocycles. The van der Waals surface area contributed by atoms with Gasteiger partial charge in [0, 0.05) is 23.5 Å². The fraction of sp³-hybridized carbons (Fsp3) is 0.292. The first-order valence-electron chi connectivity index (χ1n) is 10.5. The molecule has 6 nitrogen and oxygen atoms in total. The van der Waals surface area contributed by atoms with Gasteiger partial charge >= 0.3 is 0 Å². The largest absolute Gasteiger partial charge is 0.367 e. The number of amides is 1. The van der Waals surface area contributed by atoms with Gasteiger partial charge in [-0.15, -0.1) is 11.3 Å². The molecule has 2 atom stereocenters. The minimum atomic E-state index is -3.62. The zero-order valence-corrected chi connectivity index (χ0v) is 19.4. The molecular weight excluding hydrogens is 444 g/mol. The van der Waals surface area contributed by atoms with E-state index in [1.165, 1.54) is 12.1 Å². The Balaban J connectivity index is 1.41. The Hall–Kier alpha value is -2.52. The third-order valence-corrected chi connectivity index (χ3v) is 7.79. The van der Waals surface area contributed by atoms with Crippen molar-refractivity contribution in [3.63, 3.8) is 0 Å². The van der Waals surface area contributed by atoms with Crippen molar-refractivity contribution in [2.45, 2.75) is 30.4 Å². The van der Waals surface area contributed by atoms with Gasteiger partial charge in [0.05, 0.1) is 17.5 Å². The van der Waals surface area contributed by atoms with Gasteiger partial charge in [0.15, 0.2) is 0 Å². The van der Waals surface area contributed by atoms with Crippen LogP contribution in [0.3, 0.4) is 0 Å². The van der Waals surface area contributed by atoms with Crippen LogP contribution in [0.15, 0.2) is 77.0 Å². The first-order chi connectivity index (χ1) is 15.4. The van der Waals surface area contributed by atoms with Crippen LogP contribution in [0.5, 0.6) is 0 Å². The van der Waals surface area contributed by atoms with Gasteiger partial charge in [0.1, 0.15) is 6.10 Å². The quantitative estimate of drug-likeness (QED) is 0.569.